The predicted molar refractivity (Wildman–Crippen MR) is 215 cm³/mol. The van der Waals surface area contributed by atoms with E-state index in [2.05, 4.69) is 118 Å². The molecule has 2 bridgehead atoms. The Kier molecular flexibility index (Phi) is 16.2. The molecular weight excluding hydrogens is 673 g/mol. The molecule has 0 fully saturated rings. The van der Waals surface area contributed by atoms with E-state index in [9.17, 15) is 4.79 Å². The molecule has 3 rings (SSSR count). The van der Waals surface area contributed by atoms with Gasteiger partial charge in [-0.2, -0.15) is 0 Å². The molecule has 0 aromatic carbocycles. The monoisotopic (exact) mass is 742 g/mol. The molecule has 7 atom stereocenters. The van der Waals surface area contributed by atoms with Gasteiger partial charge in [0.1, 0.15) is 18.3 Å². The first kappa shape index (κ1) is 43.5. The van der Waals surface area contributed by atoms with Gasteiger partial charge in [-0.05, 0) is 81.7 Å². The third-order valence-electron chi connectivity index (χ3n) is 11.3. The maximum Gasteiger partial charge on any atom is 0.330 e. The summed E-state index contributed by atoms with van der Waals surface area (Å²) in [5.41, 5.74) is 2.47. The van der Waals surface area contributed by atoms with E-state index in [0.717, 1.165) is 37.7 Å². The predicted octanol–water partition coefficient (Wildman–Crippen LogP) is 10.3. The number of carbonyl (C=O) groups excluding carboxylic acids is 1. The fourth-order valence-electron chi connectivity index (χ4n) is 5.93. The summed E-state index contributed by atoms with van der Waals surface area (Å²) in [6, 6.07) is 0. The summed E-state index contributed by atoms with van der Waals surface area (Å²) in [6.07, 6.45) is 21.9. The van der Waals surface area contributed by atoms with Crippen LogP contribution in [0.15, 0.2) is 72.4 Å². The van der Waals surface area contributed by atoms with Gasteiger partial charge in [0, 0.05) is 19.6 Å². The molecule has 3 aliphatic heterocycles. The summed E-state index contributed by atoms with van der Waals surface area (Å²) in [5.74, 6) is -0.395. The summed E-state index contributed by atoms with van der Waals surface area (Å²) in [4.78, 5) is 13.5. The van der Waals surface area contributed by atoms with Crippen LogP contribution in [-0.4, -0.2) is 79.0 Å². The maximum atomic E-state index is 13.5. The van der Waals surface area contributed by atoms with Gasteiger partial charge in [0.05, 0.1) is 31.0 Å². The molecule has 0 aromatic rings. The molecule has 7 nitrogen and oxygen atoms in total. The lowest BCUT2D eigenvalue weighted by Gasteiger charge is -2.40. The lowest BCUT2D eigenvalue weighted by atomic mass is 9.98. The molecule has 0 radical (unpaired) electrons. The van der Waals surface area contributed by atoms with E-state index in [1.165, 1.54) is 11.6 Å². The van der Waals surface area contributed by atoms with Crippen LogP contribution in [0.5, 0.6) is 0 Å². The lowest BCUT2D eigenvalue weighted by Crippen LogP contribution is -2.47. The van der Waals surface area contributed by atoms with Crippen LogP contribution >= 0.6 is 0 Å². The molecule has 9 heteroatoms. The Morgan fingerprint density at radius 2 is 1.67 bits per heavy atom. The van der Waals surface area contributed by atoms with Crippen molar-refractivity contribution in [2.24, 2.45) is 0 Å². The van der Waals surface area contributed by atoms with E-state index in [-0.39, 0.29) is 40.6 Å². The summed E-state index contributed by atoms with van der Waals surface area (Å²) in [5, 5.41) is 0.0163. The van der Waals surface area contributed by atoms with Crippen LogP contribution in [0.25, 0.3) is 0 Å². The number of hydrogen-bond acceptors (Lipinski definition) is 7. The molecule has 0 N–H and O–H groups in total. The highest BCUT2D eigenvalue weighted by Gasteiger charge is 2.41. The zero-order valence-electron chi connectivity index (χ0n) is 34.0. The molecule has 0 aromatic heterocycles. The average molecular weight is 743 g/mol. The Bertz CT molecular complexity index is 1300. The average Bonchev–Trinajstić information content (AvgIpc) is 3.01. The van der Waals surface area contributed by atoms with Crippen molar-refractivity contribution < 1.29 is 32.6 Å². The minimum Gasteiger partial charge on any atom is -0.456 e. The first-order valence-corrected chi connectivity index (χ1v) is 24.9. The van der Waals surface area contributed by atoms with Crippen LogP contribution in [0.2, 0.25) is 36.3 Å². The maximum absolute atomic E-state index is 13.5. The Morgan fingerprint density at radius 1 is 0.961 bits per heavy atom. The Hall–Kier alpha value is -1.86. The number of esters is 1. The van der Waals surface area contributed by atoms with E-state index in [4.69, 9.17) is 27.8 Å². The fourth-order valence-corrected chi connectivity index (χ4v) is 8.47. The Labute approximate surface area is 312 Å². The highest BCUT2D eigenvalue weighted by molar-refractivity contribution is 6.74. The molecule has 0 spiro atoms. The van der Waals surface area contributed by atoms with E-state index >= 15 is 0 Å². The third-order valence-corrected chi connectivity index (χ3v) is 20.2. The van der Waals surface area contributed by atoms with Crippen molar-refractivity contribution in [2.75, 3.05) is 13.7 Å². The number of carbonyl (C=O) groups is 1. The van der Waals surface area contributed by atoms with Gasteiger partial charge in [-0.25, -0.2) is 4.79 Å². The van der Waals surface area contributed by atoms with Crippen LogP contribution in [-0.2, 0) is 32.6 Å². The van der Waals surface area contributed by atoms with Crippen molar-refractivity contribution in [3.05, 3.63) is 72.4 Å². The van der Waals surface area contributed by atoms with Crippen molar-refractivity contribution in [1.82, 2.24) is 0 Å². The molecule has 0 aliphatic carbocycles. The number of methoxy groups -OCH3 is 1. The smallest absolute Gasteiger partial charge is 0.330 e. The number of fused-ring (bicyclic) bond motifs is 2. The topological polar surface area (TPSA) is 72.5 Å². The van der Waals surface area contributed by atoms with Crippen molar-refractivity contribution in [1.29, 1.82) is 0 Å². The minimum atomic E-state index is -2.28. The Balaban J connectivity index is 2.02. The van der Waals surface area contributed by atoms with Crippen LogP contribution in [0.1, 0.15) is 93.4 Å². The van der Waals surface area contributed by atoms with E-state index in [1.807, 2.05) is 12.2 Å². The fraction of sp³-hybridized carbons (Fsp3) is 0.690. The first-order chi connectivity index (χ1) is 23.7. The van der Waals surface area contributed by atoms with Gasteiger partial charge in [0.2, 0.25) is 0 Å². The van der Waals surface area contributed by atoms with E-state index in [1.54, 1.807) is 7.11 Å². The highest BCUT2D eigenvalue weighted by atomic mass is 28.4. The summed E-state index contributed by atoms with van der Waals surface area (Å²) >= 11 is 0. The van der Waals surface area contributed by atoms with Crippen molar-refractivity contribution >= 4 is 22.6 Å². The van der Waals surface area contributed by atoms with Gasteiger partial charge >= 0.3 is 5.97 Å². The quantitative estimate of drug-likeness (QED) is 0.139. The SMILES string of the molecule is C=C1CCC[C@H]2O[C@@H](C=C[C@@H]2OC)C/C=C\C(=O)O[C@H]([C@@H](/C=C/[C@@H]2CC(C)=CCO2)O[Si](C)(C)C(C)(C)C)C/C=C/C(O[Si](C)(C)C(C)(C)C)C1. The molecule has 0 amide bonds. The van der Waals surface area contributed by atoms with E-state index in [0.29, 0.717) is 19.4 Å². The summed E-state index contributed by atoms with van der Waals surface area (Å²) in [7, 11) is -2.67. The zero-order chi connectivity index (χ0) is 38.0. The Morgan fingerprint density at radius 3 is 2.31 bits per heavy atom. The third kappa shape index (κ3) is 13.8. The molecular formula is C42H70O7Si2. The lowest BCUT2D eigenvalue weighted by molar-refractivity contribution is -0.146. The summed E-state index contributed by atoms with van der Waals surface area (Å²) in [6.45, 7) is 29.8. The number of ether oxygens (including phenoxy) is 4. The first-order valence-electron chi connectivity index (χ1n) is 19.1. The van der Waals surface area contributed by atoms with Crippen LogP contribution in [0, 0.1) is 0 Å². The largest absolute Gasteiger partial charge is 0.456 e. The van der Waals surface area contributed by atoms with Crippen LogP contribution in [0.3, 0.4) is 0 Å². The second-order valence-electron chi connectivity index (χ2n) is 17.7. The van der Waals surface area contributed by atoms with Crippen LogP contribution in [0.4, 0.5) is 0 Å². The van der Waals surface area contributed by atoms with Crippen molar-refractivity contribution in [3.63, 3.8) is 0 Å². The second kappa shape index (κ2) is 18.9. The van der Waals surface area contributed by atoms with E-state index < -0.39 is 34.8 Å². The van der Waals surface area contributed by atoms with Gasteiger partial charge in [-0.1, -0.05) is 108 Å². The van der Waals surface area contributed by atoms with Gasteiger partial charge in [0.25, 0.3) is 0 Å². The zero-order valence-corrected chi connectivity index (χ0v) is 36.0. The minimum absolute atomic E-state index is 0.0370. The molecule has 3 heterocycles. The van der Waals surface area contributed by atoms with Crippen molar-refractivity contribution in [3.8, 4) is 0 Å². The number of cyclic esters (lactones) is 1. The molecule has 0 saturated heterocycles. The molecule has 1 unspecified atom stereocenters. The highest BCUT2D eigenvalue weighted by Crippen LogP contribution is 2.40. The van der Waals surface area contributed by atoms with Crippen LogP contribution < -0.4 is 0 Å². The van der Waals surface area contributed by atoms with Gasteiger partial charge in [-0.3, -0.25) is 0 Å². The molecule has 288 valence electrons. The second-order valence-corrected chi connectivity index (χ2v) is 27.2. The molecule has 51 heavy (non-hydrogen) atoms. The molecule has 3 aliphatic rings. The van der Waals surface area contributed by atoms with Gasteiger partial charge in [-0.15, -0.1) is 0 Å². The van der Waals surface area contributed by atoms with Gasteiger partial charge in [0.15, 0.2) is 16.6 Å². The standard InChI is InChI=1S/C42H70O7Si2/c1-31-17-14-20-37-36(44-9)25-23-33(46-37)18-16-22-40(43)47-38(21-15-19-35(30-31)48-50(10,11)41(3,4)5)39(49-51(12,13)42(6,7)8)26-24-34-29-32(2)27-28-45-34/h15-16,19,22-27,33-39H,1,14,17-18,20-21,28-30H2,2-13H3/b19-15+,22-16-,26-24+/t33-,34-,35?,36+,37-,38+,39-/m1/s1. The number of rotatable bonds is 8. The number of hydrogen-bond donors (Lipinski definition) is 0. The normalized spacial score (nSPS) is 30.2. The summed E-state index contributed by atoms with van der Waals surface area (Å²) < 4.78 is 38.6. The van der Waals surface area contributed by atoms with Gasteiger partial charge < -0.3 is 27.8 Å². The van der Waals surface area contributed by atoms with Crippen molar-refractivity contribution in [2.45, 2.75) is 172 Å². The molecule has 0 saturated carbocycles.